The first-order chi connectivity index (χ1) is 12.8. The summed E-state index contributed by atoms with van der Waals surface area (Å²) in [5.74, 6) is 0.635. The summed E-state index contributed by atoms with van der Waals surface area (Å²) >= 11 is 0. The number of nitrogens with zero attached hydrogens (tertiary/aromatic N) is 4. The Morgan fingerprint density at radius 1 is 1.22 bits per heavy atom. The fourth-order valence-corrected chi connectivity index (χ4v) is 3.56. The Hall–Kier alpha value is -2.28. The Bertz CT molecular complexity index is 843. The highest BCUT2D eigenvalue weighted by molar-refractivity contribution is 5.72. The summed E-state index contributed by atoms with van der Waals surface area (Å²) in [6, 6.07) is 2.24. The highest BCUT2D eigenvalue weighted by Gasteiger charge is 2.29. The van der Waals surface area contributed by atoms with Crippen molar-refractivity contribution in [2.45, 2.75) is 51.7 Å². The smallest absolute Gasteiger partial charge is 0.410 e. The molecule has 7 heteroatoms. The van der Waals surface area contributed by atoms with Crippen LogP contribution < -0.4 is 4.90 Å². The van der Waals surface area contributed by atoms with Gasteiger partial charge in [-0.25, -0.2) is 9.78 Å². The van der Waals surface area contributed by atoms with Gasteiger partial charge in [0.1, 0.15) is 5.60 Å². The summed E-state index contributed by atoms with van der Waals surface area (Å²) in [6.07, 6.45) is 6.27. The van der Waals surface area contributed by atoms with Crippen LogP contribution in [0, 0.1) is 0 Å². The molecule has 2 aliphatic rings. The molecule has 1 aliphatic heterocycles. The molecule has 1 saturated carbocycles. The van der Waals surface area contributed by atoms with E-state index in [1.807, 2.05) is 31.4 Å². The first kappa shape index (κ1) is 18.1. The van der Waals surface area contributed by atoms with Crippen LogP contribution in [0.4, 0.5) is 10.5 Å². The van der Waals surface area contributed by atoms with Crippen molar-refractivity contribution in [1.82, 2.24) is 14.3 Å². The first-order valence-electron chi connectivity index (χ1n) is 9.69. The van der Waals surface area contributed by atoms with Gasteiger partial charge in [-0.05, 0) is 51.2 Å². The Balaban J connectivity index is 1.54. The zero-order valence-corrected chi connectivity index (χ0v) is 16.3. The van der Waals surface area contributed by atoms with Gasteiger partial charge in [0, 0.05) is 38.6 Å². The van der Waals surface area contributed by atoms with Gasteiger partial charge in [0.05, 0.1) is 18.0 Å². The van der Waals surface area contributed by atoms with Crippen LogP contribution in [0.2, 0.25) is 0 Å². The molecule has 7 nitrogen and oxygen atoms in total. The summed E-state index contributed by atoms with van der Waals surface area (Å²) in [6.45, 7) is 8.33. The molecular weight excluding hydrogens is 344 g/mol. The number of anilines is 1. The molecular formula is C20H28N4O3. The van der Waals surface area contributed by atoms with Crippen LogP contribution in [0.15, 0.2) is 18.5 Å². The van der Waals surface area contributed by atoms with Crippen LogP contribution in [0.1, 0.15) is 50.8 Å². The van der Waals surface area contributed by atoms with Gasteiger partial charge in [-0.1, -0.05) is 0 Å². The highest BCUT2D eigenvalue weighted by Crippen LogP contribution is 2.42. The third-order valence-electron chi connectivity index (χ3n) is 5.09. The van der Waals surface area contributed by atoms with Gasteiger partial charge in [0.2, 0.25) is 0 Å². The molecule has 1 N–H and O–H groups in total. The van der Waals surface area contributed by atoms with Crippen LogP contribution in [-0.4, -0.2) is 57.3 Å². The van der Waals surface area contributed by atoms with Gasteiger partial charge in [0.15, 0.2) is 5.65 Å². The van der Waals surface area contributed by atoms with Crippen LogP contribution in [0.25, 0.3) is 5.65 Å². The lowest BCUT2D eigenvalue weighted by molar-refractivity contribution is 0.0240. The molecule has 0 bridgehead atoms. The maximum atomic E-state index is 12.3. The van der Waals surface area contributed by atoms with E-state index in [1.165, 1.54) is 18.4 Å². The van der Waals surface area contributed by atoms with Crippen molar-refractivity contribution in [3.63, 3.8) is 0 Å². The van der Waals surface area contributed by atoms with E-state index in [0.29, 0.717) is 24.7 Å². The number of hydrogen-bond donors (Lipinski definition) is 1. The largest absolute Gasteiger partial charge is 0.444 e. The molecule has 0 aromatic carbocycles. The van der Waals surface area contributed by atoms with E-state index in [-0.39, 0.29) is 12.7 Å². The van der Waals surface area contributed by atoms with E-state index in [0.717, 1.165) is 24.4 Å². The van der Waals surface area contributed by atoms with Gasteiger partial charge in [-0.2, -0.15) is 0 Å². The lowest BCUT2D eigenvalue weighted by atomic mass is 10.1. The van der Waals surface area contributed by atoms with E-state index in [1.54, 1.807) is 4.90 Å². The first-order valence-corrected chi connectivity index (χ1v) is 9.69. The lowest BCUT2D eigenvalue weighted by Crippen LogP contribution is -2.50. The third kappa shape index (κ3) is 3.88. The zero-order chi connectivity index (χ0) is 19.2. The molecule has 2 aromatic rings. The molecule has 1 aliphatic carbocycles. The number of carbonyl (C=O) groups excluding carboxylic acids is 1. The third-order valence-corrected chi connectivity index (χ3v) is 5.09. The average Bonchev–Trinajstić information content (AvgIpc) is 3.38. The minimum atomic E-state index is -0.477. The van der Waals surface area contributed by atoms with Gasteiger partial charge in [-0.3, -0.25) is 0 Å². The number of piperazine rings is 1. The van der Waals surface area contributed by atoms with Gasteiger partial charge < -0.3 is 24.0 Å². The number of fused-ring (bicyclic) bond motifs is 1. The summed E-state index contributed by atoms with van der Waals surface area (Å²) < 4.78 is 7.53. The number of hydrogen-bond acceptors (Lipinski definition) is 5. The molecule has 1 saturated heterocycles. The number of amides is 1. The SMILES string of the molecule is CC(C)(C)OC(=O)N1CCN(c2cc(C3CC3)cn3cc(CO)nc23)CC1. The lowest BCUT2D eigenvalue weighted by Gasteiger charge is -2.37. The van der Waals surface area contributed by atoms with E-state index in [9.17, 15) is 9.90 Å². The number of rotatable bonds is 3. The standard InChI is InChI=1S/C20H28N4O3/c1-20(2,3)27-19(26)23-8-6-22(7-9-23)17-10-15(14-4-5-14)11-24-12-16(13-25)21-18(17)24/h10-12,14,25H,4-9,13H2,1-3H3. The fraction of sp³-hybridized carbons (Fsp3) is 0.600. The number of imidazole rings is 1. The summed E-state index contributed by atoms with van der Waals surface area (Å²) in [7, 11) is 0. The Labute approximate surface area is 159 Å². The second-order valence-corrected chi connectivity index (χ2v) is 8.51. The molecule has 2 fully saturated rings. The van der Waals surface area contributed by atoms with Crippen LogP contribution >= 0.6 is 0 Å². The van der Waals surface area contributed by atoms with Gasteiger partial charge in [-0.15, -0.1) is 0 Å². The maximum Gasteiger partial charge on any atom is 0.410 e. The van der Waals surface area contributed by atoms with Crippen molar-refractivity contribution in [3.05, 3.63) is 29.7 Å². The topological polar surface area (TPSA) is 70.3 Å². The fourth-order valence-electron chi connectivity index (χ4n) is 3.56. The van der Waals surface area contributed by atoms with Crippen molar-refractivity contribution in [3.8, 4) is 0 Å². The van der Waals surface area contributed by atoms with Crippen LogP contribution in [0.3, 0.4) is 0 Å². The molecule has 146 valence electrons. The van der Waals surface area contributed by atoms with Crippen molar-refractivity contribution in [2.24, 2.45) is 0 Å². The summed E-state index contributed by atoms with van der Waals surface area (Å²) in [5.41, 5.74) is 3.48. The highest BCUT2D eigenvalue weighted by atomic mass is 16.6. The number of ether oxygens (including phenoxy) is 1. The number of carbonyl (C=O) groups is 1. The van der Waals surface area contributed by atoms with E-state index in [4.69, 9.17) is 4.74 Å². The van der Waals surface area contributed by atoms with Crippen LogP contribution in [-0.2, 0) is 11.3 Å². The van der Waals surface area contributed by atoms with Crippen molar-refractivity contribution in [1.29, 1.82) is 0 Å². The van der Waals surface area contributed by atoms with Gasteiger partial charge in [0.25, 0.3) is 0 Å². The second-order valence-electron chi connectivity index (χ2n) is 8.51. The normalized spacial score (nSPS) is 18.2. The Morgan fingerprint density at radius 3 is 2.52 bits per heavy atom. The average molecular weight is 372 g/mol. The molecule has 3 heterocycles. The minimum Gasteiger partial charge on any atom is -0.444 e. The molecule has 0 spiro atoms. The summed E-state index contributed by atoms with van der Waals surface area (Å²) in [5, 5.41) is 9.47. The molecule has 27 heavy (non-hydrogen) atoms. The molecule has 0 radical (unpaired) electrons. The second kappa shape index (κ2) is 6.71. The Morgan fingerprint density at radius 2 is 1.93 bits per heavy atom. The summed E-state index contributed by atoms with van der Waals surface area (Å²) in [4.78, 5) is 21.0. The predicted octanol–water partition coefficient (Wildman–Crippen LogP) is 2.76. The number of aromatic nitrogens is 2. The number of aliphatic hydroxyl groups excluding tert-OH is 1. The van der Waals surface area contributed by atoms with E-state index >= 15 is 0 Å². The van der Waals surface area contributed by atoms with Gasteiger partial charge >= 0.3 is 6.09 Å². The monoisotopic (exact) mass is 372 g/mol. The molecule has 0 unspecified atom stereocenters. The maximum absolute atomic E-state index is 12.3. The van der Waals surface area contributed by atoms with E-state index < -0.39 is 5.60 Å². The van der Waals surface area contributed by atoms with Crippen LogP contribution in [0.5, 0.6) is 0 Å². The zero-order valence-electron chi connectivity index (χ0n) is 16.3. The predicted molar refractivity (Wildman–Crippen MR) is 103 cm³/mol. The molecule has 4 rings (SSSR count). The van der Waals surface area contributed by atoms with Crippen molar-refractivity contribution in [2.75, 3.05) is 31.1 Å². The van der Waals surface area contributed by atoms with Crippen molar-refractivity contribution < 1.29 is 14.6 Å². The molecule has 0 atom stereocenters. The van der Waals surface area contributed by atoms with E-state index in [2.05, 4.69) is 22.1 Å². The number of pyridine rings is 1. The van der Waals surface area contributed by atoms with Crippen molar-refractivity contribution >= 4 is 17.4 Å². The molecule has 2 aromatic heterocycles. The minimum absolute atomic E-state index is 0.0632. The quantitative estimate of drug-likeness (QED) is 0.897. The number of aliphatic hydroxyl groups is 1. The Kier molecular flexibility index (Phi) is 4.50. The molecule has 1 amide bonds.